The van der Waals surface area contributed by atoms with Gasteiger partial charge < -0.3 is 19.5 Å². The fourth-order valence-corrected chi connectivity index (χ4v) is 2.44. The Balaban J connectivity index is 2.74. The maximum atomic E-state index is 6.19. The molecule has 114 valence electrons. The van der Waals surface area contributed by atoms with Gasteiger partial charge in [0.1, 0.15) is 0 Å². The van der Waals surface area contributed by atoms with Crippen LogP contribution in [0.4, 0.5) is 0 Å². The van der Waals surface area contributed by atoms with Gasteiger partial charge in [0.05, 0.1) is 25.8 Å². The molecule has 0 radical (unpaired) electrons. The molecule has 1 atom stereocenters. The van der Waals surface area contributed by atoms with Crippen LogP contribution < -0.4 is 14.8 Å². The van der Waals surface area contributed by atoms with E-state index in [1.165, 1.54) is 0 Å². The van der Waals surface area contributed by atoms with Crippen LogP contribution in [0.5, 0.6) is 11.5 Å². The molecule has 0 aliphatic carbocycles. The number of hydrogen-bond acceptors (Lipinski definition) is 4. The molecule has 0 heterocycles. The van der Waals surface area contributed by atoms with Gasteiger partial charge in [-0.3, -0.25) is 0 Å². The number of methoxy groups -OCH3 is 3. The van der Waals surface area contributed by atoms with Gasteiger partial charge >= 0.3 is 0 Å². The van der Waals surface area contributed by atoms with Crippen LogP contribution in [-0.2, 0) is 11.3 Å². The number of ether oxygens (including phenoxy) is 3. The predicted molar refractivity (Wildman–Crippen MR) is 82.0 cm³/mol. The molecule has 1 N–H and O–H groups in total. The summed E-state index contributed by atoms with van der Waals surface area (Å²) in [5.74, 6) is 1.22. The van der Waals surface area contributed by atoms with Crippen molar-refractivity contribution in [2.45, 2.75) is 32.4 Å². The van der Waals surface area contributed by atoms with Crippen molar-refractivity contribution < 1.29 is 14.2 Å². The zero-order chi connectivity index (χ0) is 15.0. The normalized spacial score (nSPS) is 12.2. The fraction of sp³-hybridized carbons (Fsp3) is 0.600. The summed E-state index contributed by atoms with van der Waals surface area (Å²) >= 11 is 6.19. The lowest BCUT2D eigenvalue weighted by molar-refractivity contribution is 0.161. The van der Waals surface area contributed by atoms with E-state index >= 15 is 0 Å². The summed E-state index contributed by atoms with van der Waals surface area (Å²) in [5.41, 5.74) is 1.06. The smallest absolute Gasteiger partial charge is 0.179 e. The minimum Gasteiger partial charge on any atom is -0.493 e. The second-order valence-electron chi connectivity index (χ2n) is 4.63. The van der Waals surface area contributed by atoms with E-state index in [2.05, 4.69) is 12.2 Å². The van der Waals surface area contributed by atoms with Crippen molar-refractivity contribution in [3.05, 3.63) is 22.7 Å². The minimum atomic E-state index is 0.344. The summed E-state index contributed by atoms with van der Waals surface area (Å²) in [6, 6.07) is 4.18. The molecule has 0 spiro atoms. The third-order valence-electron chi connectivity index (χ3n) is 3.09. The highest BCUT2D eigenvalue weighted by atomic mass is 35.5. The van der Waals surface area contributed by atoms with Crippen LogP contribution >= 0.6 is 11.6 Å². The van der Waals surface area contributed by atoms with Gasteiger partial charge in [0.2, 0.25) is 0 Å². The largest absolute Gasteiger partial charge is 0.493 e. The molecule has 0 amide bonds. The van der Waals surface area contributed by atoms with Crippen molar-refractivity contribution in [1.29, 1.82) is 0 Å². The molecule has 0 fully saturated rings. The van der Waals surface area contributed by atoms with Gasteiger partial charge in [-0.1, -0.05) is 24.9 Å². The Labute approximate surface area is 126 Å². The molecule has 1 rings (SSSR count). The van der Waals surface area contributed by atoms with Gasteiger partial charge in [-0.2, -0.15) is 0 Å². The molecule has 4 nitrogen and oxygen atoms in total. The quantitative estimate of drug-likeness (QED) is 0.760. The van der Waals surface area contributed by atoms with Crippen LogP contribution in [0, 0.1) is 0 Å². The standard InChI is InChI=1S/C15H24ClNO3/c1-5-6-12(10-18-2)17-9-11-7-13(16)15(20-4)14(8-11)19-3/h7-8,12,17H,5-6,9-10H2,1-4H3. The van der Waals surface area contributed by atoms with E-state index < -0.39 is 0 Å². The Morgan fingerprint density at radius 1 is 1.20 bits per heavy atom. The summed E-state index contributed by atoms with van der Waals surface area (Å²) in [7, 11) is 4.91. The third-order valence-corrected chi connectivity index (χ3v) is 3.37. The Kier molecular flexibility index (Phi) is 7.73. The minimum absolute atomic E-state index is 0.344. The van der Waals surface area contributed by atoms with Crippen molar-refractivity contribution in [1.82, 2.24) is 5.32 Å². The number of hydrogen-bond donors (Lipinski definition) is 1. The lowest BCUT2D eigenvalue weighted by Gasteiger charge is -2.18. The third kappa shape index (κ3) is 4.85. The monoisotopic (exact) mass is 301 g/mol. The van der Waals surface area contributed by atoms with Gasteiger partial charge in [-0.15, -0.1) is 0 Å². The topological polar surface area (TPSA) is 39.7 Å². The molecule has 0 aliphatic heterocycles. The molecule has 20 heavy (non-hydrogen) atoms. The zero-order valence-corrected chi connectivity index (χ0v) is 13.4. The van der Waals surface area contributed by atoms with Crippen LogP contribution in [0.2, 0.25) is 5.02 Å². The van der Waals surface area contributed by atoms with Crippen molar-refractivity contribution in [2.24, 2.45) is 0 Å². The molecule has 0 aromatic heterocycles. The molecular formula is C15H24ClNO3. The molecular weight excluding hydrogens is 278 g/mol. The van der Waals surface area contributed by atoms with E-state index in [-0.39, 0.29) is 0 Å². The molecule has 5 heteroatoms. The molecule has 1 aromatic rings. The number of rotatable bonds is 9. The number of benzene rings is 1. The summed E-state index contributed by atoms with van der Waals surface area (Å²) in [4.78, 5) is 0. The van der Waals surface area contributed by atoms with Gasteiger partial charge in [-0.25, -0.2) is 0 Å². The lowest BCUT2D eigenvalue weighted by atomic mass is 10.1. The van der Waals surface area contributed by atoms with Gasteiger partial charge in [-0.05, 0) is 24.1 Å². The second kappa shape index (κ2) is 9.06. The highest BCUT2D eigenvalue weighted by Crippen LogP contribution is 2.35. The van der Waals surface area contributed by atoms with Gasteiger partial charge in [0.25, 0.3) is 0 Å². The van der Waals surface area contributed by atoms with Crippen LogP contribution in [0.15, 0.2) is 12.1 Å². The Morgan fingerprint density at radius 2 is 1.95 bits per heavy atom. The van der Waals surface area contributed by atoms with E-state index in [1.54, 1.807) is 21.3 Å². The summed E-state index contributed by atoms with van der Waals surface area (Å²) in [6.45, 7) is 3.58. The SMILES string of the molecule is CCCC(COC)NCc1cc(Cl)c(OC)c(OC)c1. The Morgan fingerprint density at radius 3 is 2.50 bits per heavy atom. The van der Waals surface area contributed by atoms with Gasteiger partial charge in [0.15, 0.2) is 11.5 Å². The maximum absolute atomic E-state index is 6.19. The average Bonchev–Trinajstić information content (AvgIpc) is 2.44. The van der Waals surface area contributed by atoms with Crippen molar-refractivity contribution in [3.63, 3.8) is 0 Å². The lowest BCUT2D eigenvalue weighted by Crippen LogP contribution is -2.32. The van der Waals surface area contributed by atoms with E-state index in [1.807, 2.05) is 12.1 Å². The summed E-state index contributed by atoms with van der Waals surface area (Å²) in [6.07, 6.45) is 2.20. The zero-order valence-electron chi connectivity index (χ0n) is 12.7. The first-order valence-electron chi connectivity index (χ1n) is 6.78. The van der Waals surface area contributed by atoms with Crippen molar-refractivity contribution >= 4 is 11.6 Å². The number of halogens is 1. The number of nitrogens with one attached hydrogen (secondary N) is 1. The van der Waals surface area contributed by atoms with E-state index in [9.17, 15) is 0 Å². The molecule has 1 aromatic carbocycles. The van der Waals surface area contributed by atoms with Crippen LogP contribution in [0.3, 0.4) is 0 Å². The van der Waals surface area contributed by atoms with Crippen LogP contribution in [-0.4, -0.2) is 34.0 Å². The molecule has 0 bridgehead atoms. The molecule has 0 saturated carbocycles. The molecule has 0 saturated heterocycles. The first-order chi connectivity index (χ1) is 9.65. The van der Waals surface area contributed by atoms with Gasteiger partial charge in [0, 0.05) is 19.7 Å². The summed E-state index contributed by atoms with van der Waals surface area (Å²) < 4.78 is 15.7. The van der Waals surface area contributed by atoms with Crippen LogP contribution in [0.25, 0.3) is 0 Å². The van der Waals surface area contributed by atoms with E-state index in [0.717, 1.165) is 18.4 Å². The first kappa shape index (κ1) is 17.1. The average molecular weight is 302 g/mol. The molecule has 1 unspecified atom stereocenters. The second-order valence-corrected chi connectivity index (χ2v) is 5.04. The highest BCUT2D eigenvalue weighted by Gasteiger charge is 2.12. The van der Waals surface area contributed by atoms with E-state index in [4.69, 9.17) is 25.8 Å². The Bertz CT molecular complexity index is 406. The van der Waals surface area contributed by atoms with Crippen molar-refractivity contribution in [3.8, 4) is 11.5 Å². The fourth-order valence-electron chi connectivity index (χ4n) is 2.13. The van der Waals surface area contributed by atoms with E-state index in [0.29, 0.717) is 35.7 Å². The predicted octanol–water partition coefficient (Wildman–Crippen LogP) is 3.26. The first-order valence-corrected chi connectivity index (χ1v) is 7.16. The van der Waals surface area contributed by atoms with Crippen molar-refractivity contribution in [2.75, 3.05) is 27.9 Å². The van der Waals surface area contributed by atoms with Crippen LogP contribution in [0.1, 0.15) is 25.3 Å². The summed E-state index contributed by atoms with van der Waals surface area (Å²) in [5, 5.41) is 4.03. The highest BCUT2D eigenvalue weighted by molar-refractivity contribution is 6.32. The maximum Gasteiger partial charge on any atom is 0.179 e. The molecule has 0 aliphatic rings. The Hall–Kier alpha value is -0.970.